The van der Waals surface area contributed by atoms with Gasteiger partial charge < -0.3 is 9.80 Å². The van der Waals surface area contributed by atoms with Gasteiger partial charge in [0.05, 0.1) is 17.5 Å². The lowest BCUT2D eigenvalue weighted by molar-refractivity contribution is -0.137. The first-order valence-electron chi connectivity index (χ1n) is 8.86. The number of rotatable bonds is 2. The normalized spacial score (nSPS) is 15.3. The van der Waals surface area contributed by atoms with Crippen LogP contribution >= 0.6 is 0 Å². The Hall–Kier alpha value is -3.10. The molecular formula is C19H18F3N5O. The van der Waals surface area contributed by atoms with Crippen LogP contribution in [0.3, 0.4) is 0 Å². The third kappa shape index (κ3) is 3.51. The van der Waals surface area contributed by atoms with E-state index >= 15 is 0 Å². The van der Waals surface area contributed by atoms with Crippen LogP contribution in [-0.2, 0) is 6.18 Å². The van der Waals surface area contributed by atoms with E-state index in [4.69, 9.17) is 0 Å². The second kappa shape index (κ2) is 6.81. The Kier molecular flexibility index (Phi) is 4.44. The number of hydrogen-bond donors (Lipinski definition) is 0. The van der Waals surface area contributed by atoms with E-state index in [0.29, 0.717) is 43.2 Å². The van der Waals surface area contributed by atoms with Gasteiger partial charge in [-0.3, -0.25) is 4.79 Å². The zero-order valence-corrected chi connectivity index (χ0v) is 15.1. The van der Waals surface area contributed by atoms with Gasteiger partial charge in [0.2, 0.25) is 0 Å². The molecule has 0 bridgehead atoms. The van der Waals surface area contributed by atoms with Gasteiger partial charge in [-0.25, -0.2) is 9.50 Å². The fraction of sp³-hybridized carbons (Fsp3) is 0.316. The first-order chi connectivity index (χ1) is 13.3. The molecule has 1 aliphatic heterocycles. The number of alkyl halides is 3. The number of anilines is 1. The fourth-order valence-corrected chi connectivity index (χ4v) is 3.32. The molecule has 0 radical (unpaired) electrons. The maximum atomic E-state index is 12.9. The summed E-state index contributed by atoms with van der Waals surface area (Å²) in [4.78, 5) is 20.5. The minimum absolute atomic E-state index is 0.197. The SMILES string of the molecule is Cc1cn2nc(C(=O)N3CCN(c4cccc(C(F)(F)F)c4)CC3)ccc2n1. The highest BCUT2D eigenvalue weighted by Gasteiger charge is 2.31. The molecule has 3 heterocycles. The van der Waals surface area contributed by atoms with Crippen molar-refractivity contribution in [2.75, 3.05) is 31.1 Å². The summed E-state index contributed by atoms with van der Waals surface area (Å²) >= 11 is 0. The van der Waals surface area contributed by atoms with Crippen molar-refractivity contribution >= 4 is 17.2 Å². The summed E-state index contributed by atoms with van der Waals surface area (Å²) in [5, 5.41) is 4.31. The molecule has 0 atom stereocenters. The van der Waals surface area contributed by atoms with Crippen molar-refractivity contribution in [1.82, 2.24) is 19.5 Å². The molecule has 0 N–H and O–H groups in total. The molecule has 1 fully saturated rings. The number of aromatic nitrogens is 3. The van der Waals surface area contributed by atoms with E-state index in [9.17, 15) is 18.0 Å². The summed E-state index contributed by atoms with van der Waals surface area (Å²) in [5.41, 5.74) is 1.64. The molecule has 2 aromatic heterocycles. The molecule has 0 spiro atoms. The first-order valence-corrected chi connectivity index (χ1v) is 8.86. The number of fused-ring (bicyclic) bond motifs is 1. The van der Waals surface area contributed by atoms with E-state index in [0.717, 1.165) is 17.8 Å². The third-order valence-electron chi connectivity index (χ3n) is 4.77. The number of hydrogen-bond acceptors (Lipinski definition) is 4. The minimum Gasteiger partial charge on any atom is -0.368 e. The topological polar surface area (TPSA) is 53.7 Å². The number of imidazole rings is 1. The molecule has 1 aliphatic rings. The first kappa shape index (κ1) is 18.3. The van der Waals surface area contributed by atoms with Gasteiger partial charge in [0, 0.05) is 31.9 Å². The van der Waals surface area contributed by atoms with E-state index in [1.54, 1.807) is 33.8 Å². The van der Waals surface area contributed by atoms with Crippen molar-refractivity contribution in [3.05, 3.63) is 59.5 Å². The monoisotopic (exact) mass is 389 g/mol. The quantitative estimate of drug-likeness (QED) is 0.676. The van der Waals surface area contributed by atoms with E-state index in [-0.39, 0.29) is 5.91 Å². The highest BCUT2D eigenvalue weighted by molar-refractivity contribution is 5.92. The standard InChI is InChI=1S/C19H18F3N5O/c1-13-12-27-17(23-13)6-5-16(24-27)18(28)26-9-7-25(8-10-26)15-4-2-3-14(11-15)19(20,21)22/h2-6,11-12H,7-10H2,1H3. The van der Waals surface area contributed by atoms with E-state index in [1.807, 2.05) is 11.8 Å². The van der Waals surface area contributed by atoms with Gasteiger partial charge in [-0.05, 0) is 37.3 Å². The number of benzene rings is 1. The number of halogens is 3. The number of amides is 1. The molecule has 1 amide bonds. The summed E-state index contributed by atoms with van der Waals surface area (Å²) in [6.45, 7) is 3.59. The van der Waals surface area contributed by atoms with Crippen LogP contribution in [-0.4, -0.2) is 51.6 Å². The summed E-state index contributed by atoms with van der Waals surface area (Å²) in [6.07, 6.45) is -2.62. The van der Waals surface area contributed by atoms with Gasteiger partial charge >= 0.3 is 6.18 Å². The lowest BCUT2D eigenvalue weighted by atomic mass is 10.1. The predicted octanol–water partition coefficient (Wildman–Crippen LogP) is 3.02. The molecule has 3 aromatic rings. The predicted molar refractivity (Wildman–Crippen MR) is 97.3 cm³/mol. The average molecular weight is 389 g/mol. The number of piperazine rings is 1. The Labute approximate surface area is 159 Å². The van der Waals surface area contributed by atoms with E-state index in [1.165, 1.54) is 6.07 Å². The largest absolute Gasteiger partial charge is 0.416 e. The van der Waals surface area contributed by atoms with E-state index < -0.39 is 11.7 Å². The van der Waals surface area contributed by atoms with Crippen LogP contribution in [0.25, 0.3) is 5.65 Å². The van der Waals surface area contributed by atoms with Crippen molar-refractivity contribution < 1.29 is 18.0 Å². The molecule has 0 saturated carbocycles. The molecule has 4 rings (SSSR count). The van der Waals surface area contributed by atoms with Gasteiger partial charge in [0.1, 0.15) is 5.69 Å². The molecule has 146 valence electrons. The second-order valence-corrected chi connectivity index (χ2v) is 6.73. The number of nitrogens with zero attached hydrogens (tertiary/aromatic N) is 5. The second-order valence-electron chi connectivity index (χ2n) is 6.73. The molecular weight excluding hydrogens is 371 g/mol. The van der Waals surface area contributed by atoms with Crippen LogP contribution in [0.2, 0.25) is 0 Å². The van der Waals surface area contributed by atoms with Gasteiger partial charge in [0.15, 0.2) is 5.65 Å². The van der Waals surface area contributed by atoms with Crippen molar-refractivity contribution in [2.45, 2.75) is 13.1 Å². The lowest BCUT2D eigenvalue weighted by Crippen LogP contribution is -2.49. The highest BCUT2D eigenvalue weighted by Crippen LogP contribution is 2.31. The summed E-state index contributed by atoms with van der Waals surface area (Å²) < 4.78 is 40.3. The highest BCUT2D eigenvalue weighted by atomic mass is 19.4. The van der Waals surface area contributed by atoms with Gasteiger partial charge in [-0.2, -0.15) is 18.3 Å². The Morgan fingerprint density at radius 3 is 2.54 bits per heavy atom. The minimum atomic E-state index is -4.37. The Morgan fingerprint density at radius 1 is 1.07 bits per heavy atom. The van der Waals surface area contributed by atoms with Crippen molar-refractivity contribution in [1.29, 1.82) is 0 Å². The van der Waals surface area contributed by atoms with Crippen LogP contribution in [0.15, 0.2) is 42.6 Å². The van der Waals surface area contributed by atoms with Crippen LogP contribution in [0, 0.1) is 6.92 Å². The summed E-state index contributed by atoms with van der Waals surface area (Å²) in [7, 11) is 0. The fourth-order valence-electron chi connectivity index (χ4n) is 3.32. The zero-order valence-electron chi connectivity index (χ0n) is 15.1. The van der Waals surface area contributed by atoms with Gasteiger partial charge in [-0.15, -0.1) is 0 Å². The Bertz CT molecular complexity index is 1020. The molecule has 9 heteroatoms. The van der Waals surface area contributed by atoms with Gasteiger partial charge in [0.25, 0.3) is 5.91 Å². The third-order valence-corrected chi connectivity index (χ3v) is 4.77. The molecule has 0 unspecified atom stereocenters. The smallest absolute Gasteiger partial charge is 0.368 e. The Balaban J connectivity index is 1.45. The number of carbonyl (C=O) groups is 1. The van der Waals surface area contributed by atoms with E-state index in [2.05, 4.69) is 10.1 Å². The average Bonchev–Trinajstić information content (AvgIpc) is 3.06. The van der Waals surface area contributed by atoms with Crippen molar-refractivity contribution in [3.8, 4) is 0 Å². The molecule has 28 heavy (non-hydrogen) atoms. The number of aryl methyl sites for hydroxylation is 1. The van der Waals surface area contributed by atoms with Crippen molar-refractivity contribution in [2.24, 2.45) is 0 Å². The molecule has 1 saturated heterocycles. The van der Waals surface area contributed by atoms with Crippen LogP contribution in [0.1, 0.15) is 21.7 Å². The maximum absolute atomic E-state index is 12.9. The Morgan fingerprint density at radius 2 is 1.82 bits per heavy atom. The van der Waals surface area contributed by atoms with Crippen LogP contribution in [0.4, 0.5) is 18.9 Å². The molecule has 1 aromatic carbocycles. The van der Waals surface area contributed by atoms with Crippen LogP contribution in [0.5, 0.6) is 0 Å². The molecule has 6 nitrogen and oxygen atoms in total. The summed E-state index contributed by atoms with van der Waals surface area (Å²) in [6, 6.07) is 8.65. The van der Waals surface area contributed by atoms with Gasteiger partial charge in [-0.1, -0.05) is 6.07 Å². The van der Waals surface area contributed by atoms with Crippen LogP contribution < -0.4 is 4.90 Å². The lowest BCUT2D eigenvalue weighted by Gasteiger charge is -2.36. The molecule has 0 aliphatic carbocycles. The summed E-state index contributed by atoms with van der Waals surface area (Å²) in [5.74, 6) is -0.197. The van der Waals surface area contributed by atoms with Crippen molar-refractivity contribution in [3.63, 3.8) is 0 Å². The number of carbonyl (C=O) groups excluding carboxylic acids is 1. The maximum Gasteiger partial charge on any atom is 0.416 e. The zero-order chi connectivity index (χ0) is 19.9.